The van der Waals surface area contributed by atoms with Crippen LogP contribution in [0.4, 0.5) is 5.69 Å². The molecule has 4 heteroatoms. The zero-order chi connectivity index (χ0) is 11.5. The number of aliphatic hydroxyl groups is 1. The molecule has 1 atom stereocenters. The van der Waals surface area contributed by atoms with Crippen molar-refractivity contribution in [3.05, 3.63) is 23.5 Å². The summed E-state index contributed by atoms with van der Waals surface area (Å²) in [7, 11) is 2.05. The number of hydrogen-bond acceptors (Lipinski definition) is 4. The van der Waals surface area contributed by atoms with Gasteiger partial charge in [0.05, 0.1) is 19.3 Å². The van der Waals surface area contributed by atoms with Crippen molar-refractivity contribution in [3.8, 4) is 0 Å². The smallest absolute Gasteiger partial charge is 0.0717 e. The first-order valence-corrected chi connectivity index (χ1v) is 5.59. The van der Waals surface area contributed by atoms with Crippen LogP contribution in [0.25, 0.3) is 0 Å². The quantitative estimate of drug-likeness (QED) is 0.832. The van der Waals surface area contributed by atoms with Crippen LogP contribution in [0.1, 0.15) is 17.7 Å². The van der Waals surface area contributed by atoms with Crippen molar-refractivity contribution in [2.75, 3.05) is 25.2 Å². The zero-order valence-corrected chi connectivity index (χ0v) is 9.81. The van der Waals surface area contributed by atoms with Gasteiger partial charge in [-0.1, -0.05) is 0 Å². The summed E-state index contributed by atoms with van der Waals surface area (Å²) >= 11 is 0. The predicted octanol–water partition coefficient (Wildman–Crippen LogP) is 1.11. The predicted molar refractivity (Wildman–Crippen MR) is 62.5 cm³/mol. The first-order valence-electron chi connectivity index (χ1n) is 5.59. The Morgan fingerprint density at radius 3 is 3.06 bits per heavy atom. The molecule has 1 aliphatic heterocycles. The van der Waals surface area contributed by atoms with Gasteiger partial charge in [-0.2, -0.15) is 0 Å². The maximum Gasteiger partial charge on any atom is 0.0717 e. The Balaban J connectivity index is 2.26. The number of hydrogen-bond donors (Lipinski definition) is 1. The van der Waals surface area contributed by atoms with Crippen molar-refractivity contribution >= 4 is 5.69 Å². The van der Waals surface area contributed by atoms with E-state index in [1.54, 1.807) is 6.20 Å². The fourth-order valence-corrected chi connectivity index (χ4v) is 2.05. The number of nitrogens with zero attached hydrogens (tertiary/aromatic N) is 2. The van der Waals surface area contributed by atoms with E-state index >= 15 is 0 Å². The molecule has 1 N–H and O–H groups in total. The number of aryl methyl sites for hydroxylation is 1. The molecule has 2 rings (SSSR count). The fourth-order valence-electron chi connectivity index (χ4n) is 2.05. The number of aliphatic hydroxyl groups excluding tert-OH is 1. The molecule has 0 spiro atoms. The molecule has 0 aromatic carbocycles. The summed E-state index contributed by atoms with van der Waals surface area (Å²) < 4.78 is 5.38. The number of aromatic nitrogens is 1. The van der Waals surface area contributed by atoms with E-state index in [-0.39, 0.29) is 6.61 Å². The van der Waals surface area contributed by atoms with E-state index in [0.29, 0.717) is 6.04 Å². The lowest BCUT2D eigenvalue weighted by Gasteiger charge is -2.27. The highest BCUT2D eigenvalue weighted by molar-refractivity contribution is 5.53. The summed E-state index contributed by atoms with van der Waals surface area (Å²) in [4.78, 5) is 6.39. The van der Waals surface area contributed by atoms with Crippen LogP contribution in [-0.2, 0) is 11.3 Å². The van der Waals surface area contributed by atoms with Crippen LogP contribution < -0.4 is 4.90 Å². The van der Waals surface area contributed by atoms with Crippen molar-refractivity contribution in [1.82, 2.24) is 4.98 Å². The topological polar surface area (TPSA) is 45.6 Å². The molecule has 4 nitrogen and oxygen atoms in total. The summed E-state index contributed by atoms with van der Waals surface area (Å²) in [5.41, 5.74) is 2.91. The standard InChI is InChI=1S/C12H18N2O2/c1-9-5-12(10(7-15)6-13-9)14(2)11-3-4-16-8-11/h5-6,11,15H,3-4,7-8H2,1-2H3. The highest BCUT2D eigenvalue weighted by atomic mass is 16.5. The van der Waals surface area contributed by atoms with Crippen LogP contribution in [0.2, 0.25) is 0 Å². The molecular weight excluding hydrogens is 204 g/mol. The van der Waals surface area contributed by atoms with Crippen molar-refractivity contribution in [3.63, 3.8) is 0 Å². The molecule has 1 aromatic heterocycles. The van der Waals surface area contributed by atoms with E-state index < -0.39 is 0 Å². The van der Waals surface area contributed by atoms with E-state index in [1.165, 1.54) is 0 Å². The van der Waals surface area contributed by atoms with Gasteiger partial charge in [0, 0.05) is 36.8 Å². The molecule has 0 aliphatic carbocycles. The molecule has 1 unspecified atom stereocenters. The van der Waals surface area contributed by atoms with Crippen molar-refractivity contribution in [1.29, 1.82) is 0 Å². The minimum Gasteiger partial charge on any atom is -0.392 e. The van der Waals surface area contributed by atoms with Crippen LogP contribution >= 0.6 is 0 Å². The van der Waals surface area contributed by atoms with E-state index in [0.717, 1.165) is 36.6 Å². The van der Waals surface area contributed by atoms with Crippen molar-refractivity contribution in [2.24, 2.45) is 0 Å². The first kappa shape index (κ1) is 11.4. The number of ether oxygens (including phenoxy) is 1. The highest BCUT2D eigenvalue weighted by Crippen LogP contribution is 2.24. The van der Waals surface area contributed by atoms with Crippen molar-refractivity contribution in [2.45, 2.75) is 26.0 Å². The minimum absolute atomic E-state index is 0.0283. The maximum atomic E-state index is 9.30. The van der Waals surface area contributed by atoms with Gasteiger partial charge in [-0.05, 0) is 19.4 Å². The van der Waals surface area contributed by atoms with Gasteiger partial charge in [0.1, 0.15) is 0 Å². The number of pyridine rings is 1. The van der Waals surface area contributed by atoms with Gasteiger partial charge < -0.3 is 14.7 Å². The van der Waals surface area contributed by atoms with Gasteiger partial charge in [-0.25, -0.2) is 0 Å². The lowest BCUT2D eigenvalue weighted by molar-refractivity contribution is 0.193. The molecule has 0 amide bonds. The lowest BCUT2D eigenvalue weighted by atomic mass is 10.1. The molecule has 0 radical (unpaired) electrons. The third-order valence-electron chi connectivity index (χ3n) is 3.10. The summed E-state index contributed by atoms with van der Waals surface area (Å²) in [6, 6.07) is 2.43. The second kappa shape index (κ2) is 4.80. The van der Waals surface area contributed by atoms with Crippen molar-refractivity contribution < 1.29 is 9.84 Å². The second-order valence-electron chi connectivity index (χ2n) is 4.24. The third-order valence-corrected chi connectivity index (χ3v) is 3.10. The van der Waals surface area contributed by atoms with E-state index in [2.05, 4.69) is 9.88 Å². The van der Waals surface area contributed by atoms with E-state index in [9.17, 15) is 5.11 Å². The Morgan fingerprint density at radius 2 is 2.44 bits per heavy atom. The largest absolute Gasteiger partial charge is 0.392 e. The first-order chi connectivity index (χ1) is 7.72. The molecule has 0 bridgehead atoms. The van der Waals surface area contributed by atoms with Crippen LogP contribution in [0.15, 0.2) is 12.3 Å². The Kier molecular flexibility index (Phi) is 3.41. The van der Waals surface area contributed by atoms with Gasteiger partial charge >= 0.3 is 0 Å². The molecule has 1 aliphatic rings. The Labute approximate surface area is 95.9 Å². The molecule has 1 fully saturated rings. The average molecular weight is 222 g/mol. The zero-order valence-electron chi connectivity index (χ0n) is 9.81. The third kappa shape index (κ3) is 2.18. The summed E-state index contributed by atoms with van der Waals surface area (Å²) in [6.07, 6.45) is 2.79. The number of rotatable bonds is 3. The van der Waals surface area contributed by atoms with Gasteiger partial charge in [0.15, 0.2) is 0 Å². The second-order valence-corrected chi connectivity index (χ2v) is 4.24. The normalized spacial score (nSPS) is 20.1. The average Bonchev–Trinajstić information content (AvgIpc) is 2.81. The lowest BCUT2D eigenvalue weighted by Crippen LogP contribution is -2.32. The summed E-state index contributed by atoms with van der Waals surface area (Å²) in [5.74, 6) is 0. The monoisotopic (exact) mass is 222 g/mol. The Bertz CT molecular complexity index is 362. The highest BCUT2D eigenvalue weighted by Gasteiger charge is 2.22. The van der Waals surface area contributed by atoms with Crippen LogP contribution in [0.3, 0.4) is 0 Å². The molecular formula is C12H18N2O2. The van der Waals surface area contributed by atoms with Gasteiger partial charge in [-0.15, -0.1) is 0 Å². The van der Waals surface area contributed by atoms with Crippen LogP contribution in [0.5, 0.6) is 0 Å². The molecule has 1 aromatic rings. The van der Waals surface area contributed by atoms with Crippen LogP contribution in [0, 0.1) is 6.92 Å². The van der Waals surface area contributed by atoms with Crippen LogP contribution in [-0.4, -0.2) is 36.4 Å². The summed E-state index contributed by atoms with van der Waals surface area (Å²) in [6.45, 7) is 3.58. The molecule has 16 heavy (non-hydrogen) atoms. The van der Waals surface area contributed by atoms with Gasteiger partial charge in [0.2, 0.25) is 0 Å². The molecule has 0 saturated carbocycles. The molecule has 1 saturated heterocycles. The van der Waals surface area contributed by atoms with Gasteiger partial charge in [0.25, 0.3) is 0 Å². The van der Waals surface area contributed by atoms with E-state index in [1.807, 2.05) is 20.0 Å². The molecule has 2 heterocycles. The number of likely N-dealkylation sites (N-methyl/N-ethyl adjacent to an activating group) is 1. The Morgan fingerprint density at radius 1 is 1.62 bits per heavy atom. The van der Waals surface area contributed by atoms with E-state index in [4.69, 9.17) is 4.74 Å². The minimum atomic E-state index is 0.0283. The maximum absolute atomic E-state index is 9.30. The summed E-state index contributed by atoms with van der Waals surface area (Å²) in [5, 5.41) is 9.30. The number of anilines is 1. The Hall–Kier alpha value is -1.13. The molecule has 88 valence electrons. The fraction of sp³-hybridized carbons (Fsp3) is 0.583. The SMILES string of the molecule is Cc1cc(N(C)C2CCOC2)c(CO)cn1. The van der Waals surface area contributed by atoms with Gasteiger partial charge in [-0.3, -0.25) is 4.98 Å².